The van der Waals surface area contributed by atoms with Crippen LogP contribution in [0.15, 0.2) is 22.9 Å². The van der Waals surface area contributed by atoms with Crippen LogP contribution in [0.3, 0.4) is 0 Å². The SMILES string of the molecule is CC(C)(C)OC(=O)N1CCC[C@@H](NCc2ccc(Br)nc2)C1. The van der Waals surface area contributed by atoms with Gasteiger partial charge in [0.15, 0.2) is 0 Å². The molecule has 5 nitrogen and oxygen atoms in total. The number of piperidine rings is 1. The standard InChI is InChI=1S/C16H24BrN3O2/c1-16(2,3)22-15(21)20-8-4-5-13(11-20)18-9-12-6-7-14(17)19-10-12/h6-7,10,13,18H,4-5,8-9,11H2,1-3H3/t13-/m1/s1. The molecule has 0 radical (unpaired) electrons. The molecule has 1 amide bonds. The Hall–Kier alpha value is -1.14. The quantitative estimate of drug-likeness (QED) is 0.830. The van der Waals surface area contributed by atoms with E-state index >= 15 is 0 Å². The summed E-state index contributed by atoms with van der Waals surface area (Å²) in [5.74, 6) is 0. The van der Waals surface area contributed by atoms with Crippen molar-refractivity contribution >= 4 is 22.0 Å². The van der Waals surface area contributed by atoms with Crippen molar-refractivity contribution < 1.29 is 9.53 Å². The molecule has 0 spiro atoms. The molecular weight excluding hydrogens is 346 g/mol. The number of ether oxygens (including phenoxy) is 1. The van der Waals surface area contributed by atoms with Crippen molar-refractivity contribution in [2.24, 2.45) is 0 Å². The molecule has 122 valence electrons. The third-order valence-corrected chi connectivity index (χ3v) is 3.93. The van der Waals surface area contributed by atoms with Crippen molar-refractivity contribution in [3.8, 4) is 0 Å². The number of rotatable bonds is 3. The Morgan fingerprint density at radius 1 is 1.50 bits per heavy atom. The number of pyridine rings is 1. The Balaban J connectivity index is 1.82. The van der Waals surface area contributed by atoms with Gasteiger partial charge in [-0.1, -0.05) is 6.07 Å². The zero-order valence-electron chi connectivity index (χ0n) is 13.4. The van der Waals surface area contributed by atoms with Gasteiger partial charge >= 0.3 is 6.09 Å². The first-order valence-corrected chi connectivity index (χ1v) is 8.44. The van der Waals surface area contributed by atoms with E-state index in [-0.39, 0.29) is 6.09 Å². The van der Waals surface area contributed by atoms with Crippen LogP contribution in [0, 0.1) is 0 Å². The van der Waals surface area contributed by atoms with Gasteiger partial charge in [0.1, 0.15) is 10.2 Å². The zero-order valence-corrected chi connectivity index (χ0v) is 15.0. The van der Waals surface area contributed by atoms with E-state index in [4.69, 9.17) is 4.74 Å². The Labute approximate surface area is 140 Å². The number of nitrogens with one attached hydrogen (secondary N) is 1. The summed E-state index contributed by atoms with van der Waals surface area (Å²) >= 11 is 3.33. The highest BCUT2D eigenvalue weighted by atomic mass is 79.9. The van der Waals surface area contributed by atoms with Crippen LogP contribution in [0.5, 0.6) is 0 Å². The van der Waals surface area contributed by atoms with Crippen LogP contribution in [0.4, 0.5) is 4.79 Å². The molecule has 6 heteroatoms. The monoisotopic (exact) mass is 369 g/mol. The van der Waals surface area contributed by atoms with Gasteiger partial charge in [-0.15, -0.1) is 0 Å². The molecule has 0 bridgehead atoms. The van der Waals surface area contributed by atoms with Gasteiger partial charge < -0.3 is 15.0 Å². The predicted molar refractivity (Wildman–Crippen MR) is 89.6 cm³/mol. The van der Waals surface area contributed by atoms with Crippen LogP contribution in [-0.2, 0) is 11.3 Å². The molecule has 2 rings (SSSR count). The Morgan fingerprint density at radius 2 is 2.27 bits per heavy atom. The second-order valence-electron chi connectivity index (χ2n) is 6.64. The molecule has 0 aliphatic carbocycles. The minimum atomic E-state index is -0.444. The molecule has 1 atom stereocenters. The van der Waals surface area contributed by atoms with Crippen LogP contribution in [0.25, 0.3) is 0 Å². The van der Waals surface area contributed by atoms with Crippen molar-refractivity contribution in [1.29, 1.82) is 0 Å². The van der Waals surface area contributed by atoms with E-state index in [1.54, 1.807) is 4.90 Å². The van der Waals surface area contributed by atoms with Crippen molar-refractivity contribution in [1.82, 2.24) is 15.2 Å². The average molecular weight is 370 g/mol. The van der Waals surface area contributed by atoms with Crippen LogP contribution in [0.2, 0.25) is 0 Å². The highest BCUT2D eigenvalue weighted by molar-refractivity contribution is 9.10. The molecule has 0 aromatic carbocycles. The molecule has 22 heavy (non-hydrogen) atoms. The summed E-state index contributed by atoms with van der Waals surface area (Å²) in [7, 11) is 0. The molecule has 1 aromatic heterocycles. The Bertz CT molecular complexity index is 499. The third-order valence-electron chi connectivity index (χ3n) is 3.46. The Morgan fingerprint density at radius 3 is 2.91 bits per heavy atom. The van der Waals surface area contributed by atoms with E-state index in [0.717, 1.165) is 36.1 Å². The predicted octanol–water partition coefficient (Wildman–Crippen LogP) is 3.33. The van der Waals surface area contributed by atoms with Crippen molar-refractivity contribution in [3.05, 3.63) is 28.5 Å². The lowest BCUT2D eigenvalue weighted by Crippen LogP contribution is -2.49. The summed E-state index contributed by atoms with van der Waals surface area (Å²) in [5.41, 5.74) is 0.693. The van der Waals surface area contributed by atoms with Gasteiger partial charge in [-0.2, -0.15) is 0 Å². The molecule has 2 heterocycles. The fourth-order valence-electron chi connectivity index (χ4n) is 2.41. The number of halogens is 1. The summed E-state index contributed by atoms with van der Waals surface area (Å²) in [6.07, 6.45) is 3.70. The van der Waals surface area contributed by atoms with Gasteiger partial charge in [0.2, 0.25) is 0 Å². The first-order valence-electron chi connectivity index (χ1n) is 7.65. The summed E-state index contributed by atoms with van der Waals surface area (Å²) in [6.45, 7) is 7.90. The maximum Gasteiger partial charge on any atom is 0.410 e. The lowest BCUT2D eigenvalue weighted by atomic mass is 10.1. The van der Waals surface area contributed by atoms with Crippen LogP contribution in [-0.4, -0.2) is 40.7 Å². The number of carbonyl (C=O) groups excluding carboxylic acids is 1. The molecule has 0 unspecified atom stereocenters. The number of amides is 1. The number of hydrogen-bond acceptors (Lipinski definition) is 4. The van der Waals surface area contributed by atoms with Crippen molar-refractivity contribution in [3.63, 3.8) is 0 Å². The van der Waals surface area contributed by atoms with Crippen LogP contribution in [0.1, 0.15) is 39.2 Å². The third kappa shape index (κ3) is 5.57. The van der Waals surface area contributed by atoms with Crippen LogP contribution >= 0.6 is 15.9 Å². The van der Waals surface area contributed by atoms with E-state index in [2.05, 4.69) is 26.2 Å². The lowest BCUT2D eigenvalue weighted by Gasteiger charge is -2.34. The van der Waals surface area contributed by atoms with Gasteiger partial charge in [-0.25, -0.2) is 9.78 Å². The van der Waals surface area contributed by atoms with E-state index in [9.17, 15) is 4.79 Å². The molecule has 1 fully saturated rings. The summed E-state index contributed by atoms with van der Waals surface area (Å²) in [4.78, 5) is 18.1. The molecule has 1 aromatic rings. The summed E-state index contributed by atoms with van der Waals surface area (Å²) in [5, 5.41) is 3.50. The molecule has 0 saturated carbocycles. The molecule has 1 aliphatic rings. The minimum Gasteiger partial charge on any atom is -0.444 e. The fraction of sp³-hybridized carbons (Fsp3) is 0.625. The van der Waals surface area contributed by atoms with Gasteiger partial charge in [-0.3, -0.25) is 0 Å². The average Bonchev–Trinajstić information content (AvgIpc) is 2.45. The van der Waals surface area contributed by atoms with E-state index < -0.39 is 5.60 Å². The van der Waals surface area contributed by atoms with Gasteiger partial charge in [0, 0.05) is 31.9 Å². The fourth-order valence-corrected chi connectivity index (χ4v) is 2.64. The molecular formula is C16H24BrN3O2. The van der Waals surface area contributed by atoms with Gasteiger partial charge in [0.25, 0.3) is 0 Å². The maximum absolute atomic E-state index is 12.1. The molecule has 1 N–H and O–H groups in total. The molecule has 1 saturated heterocycles. The number of hydrogen-bond donors (Lipinski definition) is 1. The zero-order chi connectivity index (χ0) is 16.2. The number of carbonyl (C=O) groups is 1. The smallest absolute Gasteiger partial charge is 0.410 e. The number of nitrogens with zero attached hydrogens (tertiary/aromatic N) is 2. The maximum atomic E-state index is 12.1. The van der Waals surface area contributed by atoms with E-state index in [1.165, 1.54) is 0 Å². The minimum absolute atomic E-state index is 0.218. The topological polar surface area (TPSA) is 54.5 Å². The van der Waals surface area contributed by atoms with E-state index in [1.807, 2.05) is 39.1 Å². The van der Waals surface area contributed by atoms with E-state index in [0.29, 0.717) is 12.6 Å². The Kier molecular flexibility index (Phi) is 5.81. The largest absolute Gasteiger partial charge is 0.444 e. The van der Waals surface area contributed by atoms with Crippen molar-refractivity contribution in [2.75, 3.05) is 13.1 Å². The normalized spacial score (nSPS) is 19.1. The number of likely N-dealkylation sites (tertiary alicyclic amines) is 1. The highest BCUT2D eigenvalue weighted by Gasteiger charge is 2.27. The second kappa shape index (κ2) is 7.42. The lowest BCUT2D eigenvalue weighted by molar-refractivity contribution is 0.0187. The second-order valence-corrected chi connectivity index (χ2v) is 7.45. The van der Waals surface area contributed by atoms with Crippen molar-refractivity contribution in [2.45, 2.75) is 51.8 Å². The summed E-state index contributed by atoms with van der Waals surface area (Å²) < 4.78 is 6.28. The van der Waals surface area contributed by atoms with Crippen LogP contribution < -0.4 is 5.32 Å². The number of aromatic nitrogens is 1. The highest BCUT2D eigenvalue weighted by Crippen LogP contribution is 2.16. The summed E-state index contributed by atoms with van der Waals surface area (Å²) in [6, 6.07) is 4.27. The van der Waals surface area contributed by atoms with Gasteiger partial charge in [-0.05, 0) is 61.2 Å². The first kappa shape index (κ1) is 17.2. The first-order chi connectivity index (χ1) is 10.3. The van der Waals surface area contributed by atoms with Gasteiger partial charge in [0.05, 0.1) is 0 Å². The molecule has 1 aliphatic heterocycles.